The molecule has 106 valence electrons. The lowest BCUT2D eigenvalue weighted by molar-refractivity contribution is 0.0678. The molecule has 0 spiro atoms. The molecule has 2 aromatic rings. The van der Waals surface area contributed by atoms with E-state index in [1.165, 1.54) is 0 Å². The van der Waals surface area contributed by atoms with Crippen molar-refractivity contribution in [2.75, 3.05) is 13.2 Å². The highest BCUT2D eigenvalue weighted by molar-refractivity contribution is 5.97. The van der Waals surface area contributed by atoms with Crippen molar-refractivity contribution in [3.05, 3.63) is 23.8 Å². The van der Waals surface area contributed by atoms with Crippen LogP contribution in [0, 0.1) is 0 Å². The Morgan fingerprint density at radius 3 is 3.10 bits per heavy atom. The van der Waals surface area contributed by atoms with E-state index in [9.17, 15) is 9.90 Å². The zero-order valence-corrected chi connectivity index (χ0v) is 11.5. The molecular weight excluding hydrogens is 256 g/mol. The molecule has 2 heterocycles. The monoisotopic (exact) mass is 274 g/mol. The third-order valence-electron chi connectivity index (χ3n) is 3.91. The molecule has 1 amide bonds. The number of hydrogen-bond acceptors (Lipinski definition) is 4. The Morgan fingerprint density at radius 1 is 1.50 bits per heavy atom. The first-order valence-electron chi connectivity index (χ1n) is 6.99. The molecule has 6 heteroatoms. The largest absolute Gasteiger partial charge is 0.394 e. The normalized spacial score (nSPS) is 18.9. The van der Waals surface area contributed by atoms with Gasteiger partial charge >= 0.3 is 0 Å². The molecule has 0 saturated carbocycles. The molecule has 1 aromatic carbocycles. The van der Waals surface area contributed by atoms with Crippen LogP contribution in [0.3, 0.4) is 0 Å². The number of rotatable bonds is 3. The van der Waals surface area contributed by atoms with Gasteiger partial charge in [0.2, 0.25) is 0 Å². The first kappa shape index (κ1) is 13.1. The van der Waals surface area contributed by atoms with E-state index in [4.69, 9.17) is 0 Å². The molecule has 1 saturated heterocycles. The molecule has 0 radical (unpaired) electrons. The van der Waals surface area contributed by atoms with Crippen LogP contribution in [-0.2, 0) is 6.54 Å². The molecule has 1 N–H and O–H groups in total. The third-order valence-corrected chi connectivity index (χ3v) is 3.91. The first-order chi connectivity index (χ1) is 9.74. The SMILES string of the molecule is CCn1nnc2cc(C(=O)N3CCC[C@H]3CO)ccc21. The zero-order valence-electron chi connectivity index (χ0n) is 11.5. The van der Waals surface area contributed by atoms with Crippen molar-refractivity contribution in [1.29, 1.82) is 0 Å². The summed E-state index contributed by atoms with van der Waals surface area (Å²) in [5.74, 6) is -0.0329. The van der Waals surface area contributed by atoms with Crippen LogP contribution in [0.15, 0.2) is 18.2 Å². The summed E-state index contributed by atoms with van der Waals surface area (Å²) < 4.78 is 1.80. The number of aromatic nitrogens is 3. The molecule has 3 rings (SSSR count). The molecular formula is C14H18N4O2. The Bertz CT molecular complexity index is 637. The minimum atomic E-state index is -0.0514. The molecule has 1 atom stereocenters. The predicted octanol–water partition coefficient (Wildman–Crippen LogP) is 1.05. The fraction of sp³-hybridized carbons (Fsp3) is 0.500. The molecule has 1 fully saturated rings. The highest BCUT2D eigenvalue weighted by atomic mass is 16.3. The maximum Gasteiger partial charge on any atom is 0.254 e. The standard InChI is InChI=1S/C14H18N4O2/c1-2-18-13-6-5-10(8-12(13)15-16-18)14(20)17-7-3-4-11(17)9-19/h5-6,8,11,19H,2-4,7,9H2,1H3/t11-/m0/s1. The Kier molecular flexibility index (Phi) is 3.40. The van der Waals surface area contributed by atoms with E-state index < -0.39 is 0 Å². The van der Waals surface area contributed by atoms with E-state index in [2.05, 4.69) is 10.3 Å². The second kappa shape index (κ2) is 5.20. The predicted molar refractivity (Wildman–Crippen MR) is 74.3 cm³/mol. The van der Waals surface area contributed by atoms with Crippen LogP contribution < -0.4 is 0 Å². The van der Waals surface area contributed by atoms with Crippen molar-refractivity contribution in [2.24, 2.45) is 0 Å². The number of aryl methyl sites for hydroxylation is 1. The van der Waals surface area contributed by atoms with Crippen LogP contribution in [0.25, 0.3) is 11.0 Å². The van der Waals surface area contributed by atoms with Crippen molar-refractivity contribution in [3.8, 4) is 0 Å². The quantitative estimate of drug-likeness (QED) is 0.908. The van der Waals surface area contributed by atoms with Crippen LogP contribution in [0.2, 0.25) is 0 Å². The van der Waals surface area contributed by atoms with Gasteiger partial charge in [0.1, 0.15) is 5.52 Å². The summed E-state index contributed by atoms with van der Waals surface area (Å²) in [7, 11) is 0. The van der Waals surface area contributed by atoms with E-state index in [0.717, 1.165) is 30.4 Å². The summed E-state index contributed by atoms with van der Waals surface area (Å²) in [5, 5.41) is 17.5. The van der Waals surface area contributed by atoms with Crippen molar-refractivity contribution in [1.82, 2.24) is 19.9 Å². The lowest BCUT2D eigenvalue weighted by Gasteiger charge is -2.23. The van der Waals surface area contributed by atoms with Gasteiger partial charge in [0, 0.05) is 18.7 Å². The summed E-state index contributed by atoms with van der Waals surface area (Å²) in [6.07, 6.45) is 1.82. The van der Waals surface area contributed by atoms with Gasteiger partial charge in [-0.2, -0.15) is 0 Å². The van der Waals surface area contributed by atoms with Gasteiger partial charge in [0.15, 0.2) is 0 Å². The van der Waals surface area contributed by atoms with Crippen molar-refractivity contribution < 1.29 is 9.90 Å². The van der Waals surface area contributed by atoms with Crippen molar-refractivity contribution in [3.63, 3.8) is 0 Å². The summed E-state index contributed by atoms with van der Waals surface area (Å²) in [6.45, 7) is 3.50. The molecule has 0 bridgehead atoms. The number of nitrogens with zero attached hydrogens (tertiary/aromatic N) is 4. The van der Waals surface area contributed by atoms with Crippen LogP contribution in [0.4, 0.5) is 0 Å². The topological polar surface area (TPSA) is 71.2 Å². The number of carbonyl (C=O) groups excluding carboxylic acids is 1. The fourth-order valence-corrected chi connectivity index (χ4v) is 2.80. The third kappa shape index (κ3) is 2.06. The van der Waals surface area contributed by atoms with Crippen LogP contribution in [0.1, 0.15) is 30.1 Å². The zero-order chi connectivity index (χ0) is 14.1. The maximum absolute atomic E-state index is 12.5. The smallest absolute Gasteiger partial charge is 0.254 e. The minimum absolute atomic E-state index is 0.0278. The van der Waals surface area contributed by atoms with Crippen LogP contribution in [-0.4, -0.2) is 50.1 Å². The van der Waals surface area contributed by atoms with Gasteiger partial charge in [-0.05, 0) is 38.0 Å². The van der Waals surface area contributed by atoms with E-state index in [1.54, 1.807) is 15.6 Å². The summed E-state index contributed by atoms with van der Waals surface area (Å²) in [6, 6.07) is 5.43. The number of fused-ring (bicyclic) bond motifs is 1. The van der Waals surface area contributed by atoms with Gasteiger partial charge in [0.05, 0.1) is 18.2 Å². The second-order valence-corrected chi connectivity index (χ2v) is 5.09. The highest BCUT2D eigenvalue weighted by Gasteiger charge is 2.28. The van der Waals surface area contributed by atoms with E-state index in [-0.39, 0.29) is 18.6 Å². The van der Waals surface area contributed by atoms with Gasteiger partial charge in [-0.15, -0.1) is 5.10 Å². The van der Waals surface area contributed by atoms with Gasteiger partial charge in [-0.1, -0.05) is 5.21 Å². The highest BCUT2D eigenvalue weighted by Crippen LogP contribution is 2.21. The van der Waals surface area contributed by atoms with Crippen molar-refractivity contribution in [2.45, 2.75) is 32.4 Å². The molecule has 1 aliphatic heterocycles. The van der Waals surface area contributed by atoms with E-state index >= 15 is 0 Å². The Labute approximate surface area is 117 Å². The molecule has 0 unspecified atom stereocenters. The Balaban J connectivity index is 1.92. The second-order valence-electron chi connectivity index (χ2n) is 5.09. The van der Waals surface area contributed by atoms with Crippen LogP contribution in [0.5, 0.6) is 0 Å². The lowest BCUT2D eigenvalue weighted by Crippen LogP contribution is -2.37. The van der Waals surface area contributed by atoms with Gasteiger partial charge in [0.25, 0.3) is 5.91 Å². The number of likely N-dealkylation sites (tertiary alicyclic amines) is 1. The van der Waals surface area contributed by atoms with Gasteiger partial charge in [-0.25, -0.2) is 4.68 Å². The molecule has 1 aliphatic rings. The van der Waals surface area contributed by atoms with E-state index in [1.807, 2.05) is 19.1 Å². The Hall–Kier alpha value is -1.95. The Morgan fingerprint density at radius 2 is 2.35 bits per heavy atom. The summed E-state index contributed by atoms with van der Waals surface area (Å²) in [5.41, 5.74) is 2.28. The molecule has 6 nitrogen and oxygen atoms in total. The average Bonchev–Trinajstić information content (AvgIpc) is 3.11. The van der Waals surface area contributed by atoms with Crippen LogP contribution >= 0.6 is 0 Å². The molecule has 20 heavy (non-hydrogen) atoms. The molecule has 0 aliphatic carbocycles. The van der Waals surface area contributed by atoms with Crippen molar-refractivity contribution >= 4 is 16.9 Å². The first-order valence-corrected chi connectivity index (χ1v) is 6.99. The fourth-order valence-electron chi connectivity index (χ4n) is 2.80. The number of benzene rings is 1. The minimum Gasteiger partial charge on any atom is -0.394 e. The summed E-state index contributed by atoms with van der Waals surface area (Å²) >= 11 is 0. The van der Waals surface area contributed by atoms with Gasteiger partial charge < -0.3 is 10.0 Å². The number of hydrogen-bond donors (Lipinski definition) is 1. The number of carbonyl (C=O) groups is 1. The number of aliphatic hydroxyl groups is 1. The van der Waals surface area contributed by atoms with E-state index in [0.29, 0.717) is 12.1 Å². The summed E-state index contributed by atoms with van der Waals surface area (Å²) in [4.78, 5) is 14.3. The maximum atomic E-state index is 12.5. The average molecular weight is 274 g/mol. The number of aliphatic hydroxyl groups excluding tert-OH is 1. The van der Waals surface area contributed by atoms with Gasteiger partial charge in [-0.3, -0.25) is 4.79 Å². The number of amides is 1. The lowest BCUT2D eigenvalue weighted by atomic mass is 10.1. The molecule has 1 aromatic heterocycles.